The molecule has 0 saturated heterocycles. The normalized spacial score (nSPS) is 11.7. The monoisotopic (exact) mass is 332 g/mol. The minimum Gasteiger partial charge on any atom is -0.360 e. The molecule has 0 bridgehead atoms. The van der Waals surface area contributed by atoms with Crippen molar-refractivity contribution in [1.29, 1.82) is 0 Å². The molecule has 3 rings (SSSR count). The van der Waals surface area contributed by atoms with E-state index in [-0.39, 0.29) is 11.5 Å². The summed E-state index contributed by atoms with van der Waals surface area (Å²) in [6.45, 7) is 1.90. The molecule has 3 aromatic rings. The van der Waals surface area contributed by atoms with Gasteiger partial charge in [-0.2, -0.15) is 5.10 Å². The SMILES string of the molecule is CCc1n[nH]c(CS(=O)(=O)Cc2cc(-c3ccccc3)no2)n1. The van der Waals surface area contributed by atoms with E-state index in [1.54, 1.807) is 6.07 Å². The molecule has 0 saturated carbocycles. The molecule has 0 spiro atoms. The molecular formula is C15H16N4O3S. The molecular weight excluding hydrogens is 316 g/mol. The molecule has 0 radical (unpaired) electrons. The fraction of sp³-hybridized carbons (Fsp3) is 0.267. The second kappa shape index (κ2) is 6.33. The van der Waals surface area contributed by atoms with Gasteiger partial charge in [0.25, 0.3) is 0 Å². The van der Waals surface area contributed by atoms with E-state index in [0.29, 0.717) is 29.5 Å². The van der Waals surface area contributed by atoms with Gasteiger partial charge in [-0.3, -0.25) is 5.10 Å². The lowest BCUT2D eigenvalue weighted by atomic mass is 10.1. The van der Waals surface area contributed by atoms with Crippen LogP contribution in [0.4, 0.5) is 0 Å². The van der Waals surface area contributed by atoms with Crippen molar-refractivity contribution in [3.05, 3.63) is 53.8 Å². The summed E-state index contributed by atoms with van der Waals surface area (Å²) < 4.78 is 29.6. The second-order valence-corrected chi connectivity index (χ2v) is 7.19. The van der Waals surface area contributed by atoms with E-state index in [9.17, 15) is 8.42 Å². The van der Waals surface area contributed by atoms with Gasteiger partial charge in [0.1, 0.15) is 28.8 Å². The number of rotatable bonds is 6. The van der Waals surface area contributed by atoms with Crippen molar-refractivity contribution in [2.45, 2.75) is 24.9 Å². The first-order valence-corrected chi connectivity index (χ1v) is 8.99. The summed E-state index contributed by atoms with van der Waals surface area (Å²) >= 11 is 0. The lowest BCUT2D eigenvalue weighted by Crippen LogP contribution is -2.08. The third-order valence-electron chi connectivity index (χ3n) is 3.24. The summed E-state index contributed by atoms with van der Waals surface area (Å²) in [6, 6.07) is 11.1. The quantitative estimate of drug-likeness (QED) is 0.742. The van der Waals surface area contributed by atoms with Crippen molar-refractivity contribution in [3.8, 4) is 11.3 Å². The fourth-order valence-corrected chi connectivity index (χ4v) is 3.38. The highest BCUT2D eigenvalue weighted by Crippen LogP contribution is 2.20. The summed E-state index contributed by atoms with van der Waals surface area (Å²) in [6.07, 6.45) is 0.652. The predicted octanol–water partition coefficient (Wildman–Crippen LogP) is 2.14. The van der Waals surface area contributed by atoms with Gasteiger partial charge in [-0.1, -0.05) is 42.4 Å². The molecule has 1 N–H and O–H groups in total. The Morgan fingerprint density at radius 3 is 2.65 bits per heavy atom. The number of nitrogens with zero attached hydrogens (tertiary/aromatic N) is 3. The summed E-state index contributed by atoms with van der Waals surface area (Å²) in [4.78, 5) is 4.12. The van der Waals surface area contributed by atoms with Crippen LogP contribution in [0.2, 0.25) is 0 Å². The van der Waals surface area contributed by atoms with E-state index in [2.05, 4.69) is 20.3 Å². The molecule has 0 aliphatic rings. The molecule has 0 unspecified atom stereocenters. The zero-order valence-corrected chi connectivity index (χ0v) is 13.4. The number of aromatic nitrogens is 4. The molecule has 0 aliphatic carbocycles. The van der Waals surface area contributed by atoms with Crippen LogP contribution in [-0.4, -0.2) is 28.8 Å². The summed E-state index contributed by atoms with van der Waals surface area (Å²) in [7, 11) is -3.42. The molecule has 120 valence electrons. The van der Waals surface area contributed by atoms with Crippen LogP contribution in [0, 0.1) is 0 Å². The molecule has 0 fully saturated rings. The lowest BCUT2D eigenvalue weighted by Gasteiger charge is -1.98. The smallest absolute Gasteiger partial charge is 0.164 e. The fourth-order valence-electron chi connectivity index (χ4n) is 2.16. The number of hydrogen-bond acceptors (Lipinski definition) is 6. The van der Waals surface area contributed by atoms with Crippen molar-refractivity contribution in [2.75, 3.05) is 0 Å². The van der Waals surface area contributed by atoms with Crippen LogP contribution in [0.3, 0.4) is 0 Å². The molecule has 2 aromatic heterocycles. The van der Waals surface area contributed by atoms with Gasteiger partial charge in [0.15, 0.2) is 15.6 Å². The van der Waals surface area contributed by atoms with Crippen LogP contribution in [0.15, 0.2) is 40.9 Å². The van der Waals surface area contributed by atoms with Crippen molar-refractivity contribution < 1.29 is 12.9 Å². The highest BCUT2D eigenvalue weighted by atomic mass is 32.2. The number of hydrogen-bond donors (Lipinski definition) is 1. The van der Waals surface area contributed by atoms with Crippen molar-refractivity contribution in [3.63, 3.8) is 0 Å². The van der Waals surface area contributed by atoms with Crippen LogP contribution in [0.1, 0.15) is 24.3 Å². The third kappa shape index (κ3) is 3.84. The Bertz CT molecular complexity index is 884. The van der Waals surface area contributed by atoms with Crippen molar-refractivity contribution in [1.82, 2.24) is 20.3 Å². The molecule has 23 heavy (non-hydrogen) atoms. The van der Waals surface area contributed by atoms with E-state index in [4.69, 9.17) is 4.52 Å². The summed E-state index contributed by atoms with van der Waals surface area (Å²) in [5.74, 6) is 0.807. The van der Waals surface area contributed by atoms with Gasteiger partial charge in [0.05, 0.1) is 0 Å². The maximum atomic E-state index is 12.2. The van der Waals surface area contributed by atoms with Gasteiger partial charge < -0.3 is 4.52 Å². The minimum absolute atomic E-state index is 0.207. The zero-order valence-electron chi connectivity index (χ0n) is 12.6. The van der Waals surface area contributed by atoms with Gasteiger partial charge in [0, 0.05) is 18.1 Å². The first-order chi connectivity index (χ1) is 11.1. The first-order valence-electron chi connectivity index (χ1n) is 7.17. The van der Waals surface area contributed by atoms with Gasteiger partial charge in [-0.05, 0) is 0 Å². The highest BCUT2D eigenvalue weighted by Gasteiger charge is 2.19. The Hall–Kier alpha value is -2.48. The maximum absolute atomic E-state index is 12.2. The summed E-state index contributed by atoms with van der Waals surface area (Å²) in [5.41, 5.74) is 1.49. The number of aryl methyl sites for hydroxylation is 1. The number of H-pyrrole nitrogens is 1. The van der Waals surface area contributed by atoms with Gasteiger partial charge in [0.2, 0.25) is 0 Å². The van der Waals surface area contributed by atoms with E-state index in [1.807, 2.05) is 37.3 Å². The standard InChI is InChI=1S/C15H16N4O3S/c1-2-14-16-15(18-17-14)10-23(20,21)9-12-8-13(19-22-12)11-6-4-3-5-7-11/h3-8H,2,9-10H2,1H3,(H,16,17,18). The maximum Gasteiger partial charge on any atom is 0.164 e. The largest absolute Gasteiger partial charge is 0.360 e. The average molecular weight is 332 g/mol. The minimum atomic E-state index is -3.42. The number of nitrogens with one attached hydrogen (secondary N) is 1. The molecule has 2 heterocycles. The van der Waals surface area contributed by atoms with Crippen LogP contribution >= 0.6 is 0 Å². The Balaban J connectivity index is 1.72. The molecule has 8 heteroatoms. The van der Waals surface area contributed by atoms with Crippen LogP contribution in [0.25, 0.3) is 11.3 Å². The van der Waals surface area contributed by atoms with E-state index in [0.717, 1.165) is 5.56 Å². The van der Waals surface area contributed by atoms with Gasteiger partial charge in [-0.25, -0.2) is 13.4 Å². The Morgan fingerprint density at radius 2 is 1.96 bits per heavy atom. The Labute approximate surface area is 133 Å². The highest BCUT2D eigenvalue weighted by molar-refractivity contribution is 7.89. The molecule has 7 nitrogen and oxygen atoms in total. The van der Waals surface area contributed by atoms with Crippen LogP contribution < -0.4 is 0 Å². The summed E-state index contributed by atoms with van der Waals surface area (Å²) in [5, 5.41) is 10.5. The van der Waals surface area contributed by atoms with Crippen molar-refractivity contribution >= 4 is 9.84 Å². The lowest BCUT2D eigenvalue weighted by molar-refractivity contribution is 0.395. The van der Waals surface area contributed by atoms with Crippen LogP contribution in [-0.2, 0) is 27.8 Å². The van der Waals surface area contributed by atoms with Gasteiger partial charge in [-0.15, -0.1) is 0 Å². The molecule has 0 amide bonds. The zero-order chi connectivity index (χ0) is 16.3. The predicted molar refractivity (Wildman–Crippen MR) is 84.0 cm³/mol. The number of aromatic amines is 1. The molecule has 1 aromatic carbocycles. The topological polar surface area (TPSA) is 102 Å². The average Bonchev–Trinajstić information content (AvgIpc) is 3.16. The third-order valence-corrected chi connectivity index (χ3v) is 4.68. The van der Waals surface area contributed by atoms with Gasteiger partial charge >= 0.3 is 0 Å². The number of benzene rings is 1. The number of sulfone groups is 1. The second-order valence-electron chi connectivity index (χ2n) is 5.13. The van der Waals surface area contributed by atoms with E-state index >= 15 is 0 Å². The Morgan fingerprint density at radius 1 is 1.17 bits per heavy atom. The Kier molecular flexibility index (Phi) is 4.24. The molecule has 0 aliphatic heterocycles. The van der Waals surface area contributed by atoms with Crippen molar-refractivity contribution in [2.24, 2.45) is 0 Å². The molecule has 0 atom stereocenters. The van der Waals surface area contributed by atoms with E-state index < -0.39 is 9.84 Å². The van der Waals surface area contributed by atoms with E-state index in [1.165, 1.54) is 0 Å². The first kappa shape index (κ1) is 15.4. The van der Waals surface area contributed by atoms with Crippen LogP contribution in [0.5, 0.6) is 0 Å².